The molecule has 0 aliphatic heterocycles. The molecule has 0 unspecified atom stereocenters. The van der Waals surface area contributed by atoms with Crippen molar-refractivity contribution in [2.75, 3.05) is 0 Å². The Morgan fingerprint density at radius 3 is 1.30 bits per heavy atom. The van der Waals surface area contributed by atoms with Crippen LogP contribution in [0.15, 0.2) is 124 Å². The van der Waals surface area contributed by atoms with Gasteiger partial charge >= 0.3 is 7.74 Å². The van der Waals surface area contributed by atoms with Gasteiger partial charge < -0.3 is 13.6 Å². The summed E-state index contributed by atoms with van der Waals surface area (Å²) in [5, 5.41) is 0. The normalized spacial score (nSPS) is 11.4. The van der Waals surface area contributed by atoms with Gasteiger partial charge in [-0.3, -0.25) is 0 Å². The number of rotatable bonds is 8. The molecule has 0 spiro atoms. The summed E-state index contributed by atoms with van der Waals surface area (Å²) in [6, 6.07) is 32.6. The van der Waals surface area contributed by atoms with E-state index in [1.165, 1.54) is 12.1 Å². The van der Waals surface area contributed by atoms with E-state index in [-0.39, 0.29) is 4.90 Å². The largest absolute Gasteiger partial charge is 0.539 e. The van der Waals surface area contributed by atoms with E-state index in [2.05, 4.69) is 4.15 Å². The third kappa shape index (κ3) is 6.04. The molecule has 6 nitrogen and oxygen atoms in total. The summed E-state index contributed by atoms with van der Waals surface area (Å²) >= 11 is 0. The molecule has 4 aromatic carbocycles. The van der Waals surface area contributed by atoms with Gasteiger partial charge in [0.15, 0.2) is 0 Å². The molecule has 33 heavy (non-hydrogen) atoms. The first-order valence-electron chi connectivity index (χ1n) is 10.1. The van der Waals surface area contributed by atoms with Gasteiger partial charge in [0.05, 0.1) is 4.90 Å². The van der Waals surface area contributed by atoms with Crippen molar-refractivity contribution in [3.05, 3.63) is 121 Å². The zero-order valence-electron chi connectivity index (χ0n) is 17.8. The molecule has 0 saturated heterocycles. The van der Waals surface area contributed by atoms with Crippen molar-refractivity contribution in [2.45, 2.75) is 11.8 Å². The summed E-state index contributed by atoms with van der Waals surface area (Å²) in [6.07, 6.45) is 0. The van der Waals surface area contributed by atoms with Crippen LogP contribution < -0.4 is 13.6 Å². The number of benzene rings is 4. The molecule has 0 bridgehead atoms. The zero-order valence-corrected chi connectivity index (χ0v) is 19.5. The molecular formula is C25H22NO5PS. The molecule has 8 heteroatoms. The summed E-state index contributed by atoms with van der Waals surface area (Å²) in [6.45, 7) is 1.88. The second-order valence-electron chi connectivity index (χ2n) is 7.05. The molecule has 0 atom stereocenters. The van der Waals surface area contributed by atoms with E-state index in [0.717, 1.165) is 5.56 Å². The van der Waals surface area contributed by atoms with Gasteiger partial charge in [0.2, 0.25) is 0 Å². The van der Waals surface area contributed by atoms with Crippen LogP contribution in [0.4, 0.5) is 0 Å². The maximum Gasteiger partial charge on any atom is 0.539 e. The molecule has 0 amide bonds. The van der Waals surface area contributed by atoms with Crippen LogP contribution in [0.2, 0.25) is 0 Å². The van der Waals surface area contributed by atoms with Gasteiger partial charge in [-0.1, -0.05) is 76.4 Å². The summed E-state index contributed by atoms with van der Waals surface area (Å²) in [4.78, 5) is 0.0162. The third-order valence-electron chi connectivity index (χ3n) is 4.42. The molecular weight excluding hydrogens is 457 g/mol. The molecule has 0 saturated carbocycles. The highest BCUT2D eigenvalue weighted by atomic mass is 32.2. The summed E-state index contributed by atoms with van der Waals surface area (Å²) in [7, 11) is -8.12. The van der Waals surface area contributed by atoms with Gasteiger partial charge in [-0.25, -0.2) is 0 Å². The van der Waals surface area contributed by atoms with E-state index in [1.807, 2.05) is 25.1 Å². The van der Waals surface area contributed by atoms with Crippen LogP contribution in [0.5, 0.6) is 17.2 Å². The van der Waals surface area contributed by atoms with Crippen molar-refractivity contribution in [3.8, 4) is 17.2 Å². The maximum atomic E-state index is 13.4. The SMILES string of the molecule is Cc1ccc(S(=O)(=O)N=P(Oc2ccccc2)(Oc2ccccc2)Oc2ccccc2)cc1. The maximum absolute atomic E-state index is 13.4. The third-order valence-corrected chi connectivity index (χ3v) is 8.27. The van der Waals surface area contributed by atoms with Crippen molar-refractivity contribution < 1.29 is 22.0 Å². The highest BCUT2D eigenvalue weighted by Gasteiger charge is 2.35. The molecule has 0 radical (unpaired) electrons. The van der Waals surface area contributed by atoms with Gasteiger partial charge in [0.25, 0.3) is 10.0 Å². The van der Waals surface area contributed by atoms with E-state index in [9.17, 15) is 8.42 Å². The number of hydrogen-bond acceptors (Lipinski definition) is 5. The van der Waals surface area contributed by atoms with Crippen LogP contribution in [0.1, 0.15) is 5.56 Å². The Morgan fingerprint density at radius 1 is 0.576 bits per heavy atom. The van der Waals surface area contributed by atoms with Crippen LogP contribution in [0, 0.1) is 6.92 Å². The Bertz CT molecular complexity index is 1240. The lowest BCUT2D eigenvalue weighted by Gasteiger charge is -2.24. The second kappa shape index (κ2) is 9.94. The van der Waals surface area contributed by atoms with E-state index >= 15 is 0 Å². The smallest absolute Gasteiger partial charge is 0.401 e. The molecule has 0 aromatic heterocycles. The fraction of sp³-hybridized carbons (Fsp3) is 0.0400. The first-order valence-corrected chi connectivity index (χ1v) is 13.1. The number of sulfonamides is 1. The van der Waals surface area contributed by atoms with Gasteiger partial charge in [-0.05, 0) is 55.5 Å². The lowest BCUT2D eigenvalue weighted by molar-refractivity contribution is 0.372. The predicted molar refractivity (Wildman–Crippen MR) is 129 cm³/mol. The van der Waals surface area contributed by atoms with E-state index in [4.69, 9.17) is 13.6 Å². The molecule has 4 aromatic rings. The average molecular weight is 479 g/mol. The predicted octanol–water partition coefficient (Wildman–Crippen LogP) is 6.87. The molecule has 0 aliphatic rings. The van der Waals surface area contributed by atoms with Crippen molar-refractivity contribution in [1.29, 1.82) is 0 Å². The Balaban J connectivity index is 1.90. The lowest BCUT2D eigenvalue weighted by atomic mass is 10.2. The Morgan fingerprint density at radius 2 is 0.939 bits per heavy atom. The minimum absolute atomic E-state index is 0.0162. The number of aryl methyl sites for hydroxylation is 1. The van der Waals surface area contributed by atoms with Crippen LogP contribution in [0.25, 0.3) is 0 Å². The van der Waals surface area contributed by atoms with Crippen molar-refractivity contribution in [3.63, 3.8) is 0 Å². The van der Waals surface area contributed by atoms with Crippen molar-refractivity contribution in [2.24, 2.45) is 4.15 Å². The minimum atomic E-state index is -4.20. The van der Waals surface area contributed by atoms with Gasteiger partial charge in [0.1, 0.15) is 17.2 Å². The van der Waals surface area contributed by atoms with E-state index < -0.39 is 17.8 Å². The summed E-state index contributed by atoms with van der Waals surface area (Å²) < 4.78 is 49.2. The number of hydrogen-bond donors (Lipinski definition) is 0. The van der Waals surface area contributed by atoms with Gasteiger partial charge in [-0.2, -0.15) is 8.42 Å². The summed E-state index contributed by atoms with van der Waals surface area (Å²) in [5.74, 6) is 1.08. The number of para-hydroxylation sites is 3. The Labute approximate surface area is 193 Å². The standard InChI is InChI=1S/C25H22NO5PS/c1-21-17-19-25(20-18-21)33(27,28)26-32(29-22-11-5-2-6-12-22,30-23-13-7-3-8-14-23)31-24-15-9-4-10-16-24/h2-20H,1H3. The van der Waals surface area contributed by atoms with E-state index in [0.29, 0.717) is 17.2 Å². The molecule has 168 valence electrons. The first-order chi connectivity index (χ1) is 15.9. The highest BCUT2D eigenvalue weighted by Crippen LogP contribution is 2.54. The Kier molecular flexibility index (Phi) is 6.82. The van der Waals surface area contributed by atoms with Crippen LogP contribution in [0.3, 0.4) is 0 Å². The first kappa shape index (κ1) is 22.6. The fourth-order valence-electron chi connectivity index (χ4n) is 2.84. The molecule has 0 fully saturated rings. The fourth-order valence-corrected chi connectivity index (χ4v) is 6.43. The van der Waals surface area contributed by atoms with E-state index in [1.54, 1.807) is 84.9 Å². The molecule has 4 rings (SSSR count). The topological polar surface area (TPSA) is 74.2 Å². The summed E-state index contributed by atoms with van der Waals surface area (Å²) in [5.41, 5.74) is 0.927. The van der Waals surface area contributed by atoms with Crippen LogP contribution in [-0.2, 0) is 10.0 Å². The van der Waals surface area contributed by atoms with Crippen molar-refractivity contribution in [1.82, 2.24) is 0 Å². The number of nitrogens with zero attached hydrogens (tertiary/aromatic N) is 1. The van der Waals surface area contributed by atoms with Crippen molar-refractivity contribution >= 4 is 17.8 Å². The van der Waals surface area contributed by atoms with Gasteiger partial charge in [0, 0.05) is 0 Å². The van der Waals surface area contributed by atoms with Crippen LogP contribution in [-0.4, -0.2) is 8.42 Å². The zero-order chi connectivity index (χ0) is 23.2. The average Bonchev–Trinajstić information content (AvgIpc) is 2.81. The monoisotopic (exact) mass is 479 g/mol. The lowest BCUT2D eigenvalue weighted by Crippen LogP contribution is -2.11. The minimum Gasteiger partial charge on any atom is -0.401 e. The molecule has 0 aliphatic carbocycles. The van der Waals surface area contributed by atoms with Crippen LogP contribution >= 0.6 is 7.74 Å². The Hall–Kier alpha value is -3.54. The quantitative estimate of drug-likeness (QED) is 0.258. The second-order valence-corrected chi connectivity index (χ2v) is 10.6. The molecule has 0 N–H and O–H groups in total. The van der Waals surface area contributed by atoms with Gasteiger partial charge in [-0.15, -0.1) is 0 Å². The molecule has 0 heterocycles. The highest BCUT2D eigenvalue weighted by molar-refractivity contribution is 7.93.